The summed E-state index contributed by atoms with van der Waals surface area (Å²) in [6, 6.07) is 0. The molecule has 0 aromatic carbocycles. The van der Waals surface area contributed by atoms with Crippen molar-refractivity contribution >= 4 is 5.91 Å². The smallest absolute Gasteiger partial charge is 0.234 e. The second kappa shape index (κ2) is 8.51. The highest BCUT2D eigenvalue weighted by Gasteiger charge is 2.23. The van der Waals surface area contributed by atoms with Gasteiger partial charge in [-0.15, -0.1) is 0 Å². The Hall–Kier alpha value is -0.650. The highest BCUT2D eigenvalue weighted by atomic mass is 16.5. The van der Waals surface area contributed by atoms with E-state index in [0.717, 1.165) is 19.5 Å². The van der Waals surface area contributed by atoms with Gasteiger partial charge in [0, 0.05) is 26.2 Å². The van der Waals surface area contributed by atoms with E-state index >= 15 is 0 Å². The number of morpholine rings is 1. The molecule has 2 atom stereocenters. The third-order valence-corrected chi connectivity index (χ3v) is 2.96. The number of carbonyl (C=O) groups excluding carboxylic acids is 1. The fourth-order valence-electron chi connectivity index (χ4n) is 2.29. The summed E-state index contributed by atoms with van der Waals surface area (Å²) in [6.45, 7) is 11.6. The van der Waals surface area contributed by atoms with Gasteiger partial charge in [0.25, 0.3) is 0 Å². The van der Waals surface area contributed by atoms with Crippen molar-refractivity contribution < 1.29 is 14.3 Å². The van der Waals surface area contributed by atoms with Crippen LogP contribution in [0.2, 0.25) is 0 Å². The first-order valence-electron chi connectivity index (χ1n) is 7.23. The van der Waals surface area contributed by atoms with E-state index in [0.29, 0.717) is 19.7 Å². The normalized spacial score (nSPS) is 24.7. The van der Waals surface area contributed by atoms with Crippen molar-refractivity contribution in [2.45, 2.75) is 52.4 Å². The lowest BCUT2D eigenvalue weighted by molar-refractivity contribution is -0.126. The minimum Gasteiger partial charge on any atom is -0.379 e. The summed E-state index contributed by atoms with van der Waals surface area (Å²) >= 11 is 0. The van der Waals surface area contributed by atoms with Crippen LogP contribution < -0.4 is 5.32 Å². The standard InChI is InChI=1S/C14H28N2O3/c1-11(2)18-7-5-6-15-14(17)10-16-8-12(3)19-13(4)9-16/h11-13H,5-10H2,1-4H3,(H,15,17)/t12-,13-/m1/s1. The molecule has 112 valence electrons. The molecule has 1 aliphatic rings. The van der Waals surface area contributed by atoms with Gasteiger partial charge in [0.2, 0.25) is 5.91 Å². The maximum atomic E-state index is 11.8. The molecule has 1 aliphatic heterocycles. The van der Waals surface area contributed by atoms with Crippen LogP contribution in [0.25, 0.3) is 0 Å². The largest absolute Gasteiger partial charge is 0.379 e. The Balaban J connectivity index is 2.10. The van der Waals surface area contributed by atoms with Crippen LogP contribution in [0.3, 0.4) is 0 Å². The van der Waals surface area contributed by atoms with Crippen LogP contribution in [-0.2, 0) is 14.3 Å². The van der Waals surface area contributed by atoms with Gasteiger partial charge in [-0.2, -0.15) is 0 Å². The summed E-state index contributed by atoms with van der Waals surface area (Å²) in [5.41, 5.74) is 0. The Labute approximate surface area is 116 Å². The Morgan fingerprint density at radius 3 is 2.58 bits per heavy atom. The lowest BCUT2D eigenvalue weighted by atomic mass is 10.2. The second-order valence-corrected chi connectivity index (χ2v) is 5.57. The zero-order valence-corrected chi connectivity index (χ0v) is 12.6. The monoisotopic (exact) mass is 272 g/mol. The molecule has 5 heteroatoms. The van der Waals surface area contributed by atoms with E-state index in [2.05, 4.69) is 10.2 Å². The molecule has 1 fully saturated rings. The highest BCUT2D eigenvalue weighted by Crippen LogP contribution is 2.09. The number of amides is 1. The van der Waals surface area contributed by atoms with E-state index in [9.17, 15) is 4.79 Å². The van der Waals surface area contributed by atoms with Gasteiger partial charge >= 0.3 is 0 Å². The molecule has 0 unspecified atom stereocenters. The molecule has 5 nitrogen and oxygen atoms in total. The van der Waals surface area contributed by atoms with E-state index in [4.69, 9.17) is 9.47 Å². The Morgan fingerprint density at radius 1 is 1.37 bits per heavy atom. The van der Waals surface area contributed by atoms with Gasteiger partial charge in [-0.25, -0.2) is 0 Å². The molecule has 1 rings (SSSR count). The number of nitrogens with one attached hydrogen (secondary N) is 1. The highest BCUT2D eigenvalue weighted by molar-refractivity contribution is 5.77. The fourth-order valence-corrected chi connectivity index (χ4v) is 2.29. The van der Waals surface area contributed by atoms with Crippen molar-refractivity contribution in [3.63, 3.8) is 0 Å². The minimum atomic E-state index is 0.0887. The predicted molar refractivity (Wildman–Crippen MR) is 75.2 cm³/mol. The van der Waals surface area contributed by atoms with Crippen molar-refractivity contribution in [1.29, 1.82) is 0 Å². The maximum absolute atomic E-state index is 11.8. The molecule has 0 bridgehead atoms. The van der Waals surface area contributed by atoms with E-state index in [1.807, 2.05) is 27.7 Å². The van der Waals surface area contributed by atoms with Crippen LogP contribution in [0.4, 0.5) is 0 Å². The van der Waals surface area contributed by atoms with Crippen LogP contribution in [0.5, 0.6) is 0 Å². The summed E-state index contributed by atoms with van der Waals surface area (Å²) in [6.07, 6.45) is 1.53. The number of carbonyl (C=O) groups is 1. The second-order valence-electron chi connectivity index (χ2n) is 5.57. The number of hydrogen-bond donors (Lipinski definition) is 1. The molecule has 0 radical (unpaired) electrons. The molecule has 1 N–H and O–H groups in total. The van der Waals surface area contributed by atoms with Crippen molar-refractivity contribution in [3.05, 3.63) is 0 Å². The molecule has 0 saturated carbocycles. The fraction of sp³-hybridized carbons (Fsp3) is 0.929. The number of rotatable bonds is 7. The van der Waals surface area contributed by atoms with Gasteiger partial charge < -0.3 is 14.8 Å². The summed E-state index contributed by atoms with van der Waals surface area (Å²) < 4.78 is 11.1. The quantitative estimate of drug-likeness (QED) is 0.703. The number of ether oxygens (including phenoxy) is 2. The zero-order chi connectivity index (χ0) is 14.3. The molecule has 0 aromatic rings. The van der Waals surface area contributed by atoms with Crippen LogP contribution in [0, 0.1) is 0 Å². The van der Waals surface area contributed by atoms with Crippen LogP contribution in [0.15, 0.2) is 0 Å². The minimum absolute atomic E-state index is 0.0887. The van der Waals surface area contributed by atoms with Crippen molar-refractivity contribution in [2.24, 2.45) is 0 Å². The Bertz CT molecular complexity index is 261. The summed E-state index contributed by atoms with van der Waals surface area (Å²) in [5, 5.41) is 2.93. The summed E-state index contributed by atoms with van der Waals surface area (Å²) in [4.78, 5) is 13.9. The number of nitrogens with zero attached hydrogens (tertiary/aromatic N) is 1. The zero-order valence-electron chi connectivity index (χ0n) is 12.6. The summed E-state index contributed by atoms with van der Waals surface area (Å²) in [7, 11) is 0. The average Bonchev–Trinajstić information content (AvgIpc) is 2.26. The van der Waals surface area contributed by atoms with Crippen molar-refractivity contribution in [2.75, 3.05) is 32.8 Å². The predicted octanol–water partition coefficient (Wildman–Crippen LogP) is 1.03. The third-order valence-electron chi connectivity index (χ3n) is 2.96. The van der Waals surface area contributed by atoms with E-state index in [1.165, 1.54) is 0 Å². The van der Waals surface area contributed by atoms with Gasteiger partial charge in [-0.05, 0) is 34.1 Å². The number of hydrogen-bond acceptors (Lipinski definition) is 4. The van der Waals surface area contributed by atoms with Gasteiger partial charge in [0.15, 0.2) is 0 Å². The topological polar surface area (TPSA) is 50.8 Å². The van der Waals surface area contributed by atoms with Gasteiger partial charge in [-0.3, -0.25) is 9.69 Å². The van der Waals surface area contributed by atoms with Gasteiger partial charge in [-0.1, -0.05) is 0 Å². The molecule has 0 spiro atoms. The van der Waals surface area contributed by atoms with E-state index in [-0.39, 0.29) is 24.2 Å². The average molecular weight is 272 g/mol. The first-order valence-corrected chi connectivity index (χ1v) is 7.23. The van der Waals surface area contributed by atoms with Crippen molar-refractivity contribution in [3.8, 4) is 0 Å². The lowest BCUT2D eigenvalue weighted by Gasteiger charge is -2.34. The molecule has 19 heavy (non-hydrogen) atoms. The lowest BCUT2D eigenvalue weighted by Crippen LogP contribution is -2.49. The van der Waals surface area contributed by atoms with Gasteiger partial charge in [0.1, 0.15) is 0 Å². The molecule has 1 heterocycles. The molecule has 1 saturated heterocycles. The summed E-state index contributed by atoms with van der Waals surface area (Å²) in [5.74, 6) is 0.0887. The Morgan fingerprint density at radius 2 is 2.00 bits per heavy atom. The SMILES string of the molecule is CC(C)OCCCNC(=O)CN1C[C@@H](C)O[C@H](C)C1. The molecule has 0 aliphatic carbocycles. The Kier molecular flexibility index (Phi) is 7.34. The van der Waals surface area contributed by atoms with Crippen LogP contribution in [0.1, 0.15) is 34.1 Å². The maximum Gasteiger partial charge on any atom is 0.234 e. The first-order chi connectivity index (χ1) is 8.97. The van der Waals surface area contributed by atoms with Crippen LogP contribution in [-0.4, -0.2) is 61.9 Å². The van der Waals surface area contributed by atoms with E-state index < -0.39 is 0 Å². The molecule has 1 amide bonds. The van der Waals surface area contributed by atoms with Crippen molar-refractivity contribution in [1.82, 2.24) is 10.2 Å². The van der Waals surface area contributed by atoms with Crippen LogP contribution >= 0.6 is 0 Å². The first kappa shape index (κ1) is 16.4. The molecular weight excluding hydrogens is 244 g/mol. The van der Waals surface area contributed by atoms with Gasteiger partial charge in [0.05, 0.1) is 24.9 Å². The molecular formula is C14H28N2O3. The third kappa shape index (κ3) is 7.50. The van der Waals surface area contributed by atoms with E-state index in [1.54, 1.807) is 0 Å². The molecule has 0 aromatic heterocycles.